The second kappa shape index (κ2) is 10.8. The first-order valence-electron chi connectivity index (χ1n) is 11.3. The number of nitrogens with zero attached hydrogens (tertiary/aromatic N) is 1. The fourth-order valence-corrected chi connectivity index (χ4v) is 4.20. The minimum absolute atomic E-state index is 0.0252. The number of fused-ring (bicyclic) bond motifs is 4. The minimum Gasteiger partial charge on any atom is -0.465 e. The average Bonchev–Trinajstić information content (AvgIpc) is 3.14. The van der Waals surface area contributed by atoms with Crippen molar-refractivity contribution in [2.45, 2.75) is 32.6 Å². The van der Waals surface area contributed by atoms with E-state index in [9.17, 15) is 28.3 Å². The van der Waals surface area contributed by atoms with Gasteiger partial charge in [0.1, 0.15) is 33.9 Å². The van der Waals surface area contributed by atoms with Gasteiger partial charge < -0.3 is 20.7 Å². The Kier molecular flexibility index (Phi) is 7.53. The second-order valence-electron chi connectivity index (χ2n) is 8.38. The number of rotatable bonds is 3. The molecule has 5 N–H and O–H groups in total. The zero-order valence-electron chi connectivity index (χ0n) is 19.5. The topological polar surface area (TPSA) is 136 Å². The van der Waals surface area contributed by atoms with Crippen molar-refractivity contribution >= 4 is 46.6 Å². The lowest BCUT2D eigenvalue weighted by molar-refractivity contribution is -0.116. The van der Waals surface area contributed by atoms with E-state index in [1.54, 1.807) is 0 Å². The van der Waals surface area contributed by atoms with Crippen LogP contribution in [0.5, 0.6) is 0 Å². The van der Waals surface area contributed by atoms with E-state index in [2.05, 4.69) is 25.9 Å². The zero-order chi connectivity index (χ0) is 26.7. The van der Waals surface area contributed by atoms with Gasteiger partial charge in [-0.25, -0.2) is 18.6 Å². The van der Waals surface area contributed by atoms with Crippen molar-refractivity contribution in [2.75, 3.05) is 16.0 Å². The van der Waals surface area contributed by atoms with Crippen molar-refractivity contribution in [3.63, 3.8) is 0 Å². The molecule has 2 heterocycles. The van der Waals surface area contributed by atoms with Crippen LogP contribution in [0.1, 0.15) is 41.0 Å². The van der Waals surface area contributed by atoms with Gasteiger partial charge in [0.05, 0.1) is 16.9 Å². The van der Waals surface area contributed by atoms with E-state index in [-0.39, 0.29) is 45.5 Å². The molecule has 3 amide bonds. The first kappa shape index (κ1) is 25.8. The van der Waals surface area contributed by atoms with Gasteiger partial charge in [-0.05, 0) is 49.6 Å². The molecule has 3 aromatic rings. The number of aromatic nitrogens is 2. The molecule has 0 spiro atoms. The Morgan fingerprint density at radius 2 is 1.73 bits per heavy atom. The van der Waals surface area contributed by atoms with Gasteiger partial charge in [-0.3, -0.25) is 14.9 Å². The first-order valence-corrected chi connectivity index (χ1v) is 11.6. The molecule has 1 aliphatic rings. The quantitative estimate of drug-likeness (QED) is 0.270. The van der Waals surface area contributed by atoms with Crippen molar-refractivity contribution < 1.29 is 28.3 Å². The maximum Gasteiger partial charge on any atom is 0.409 e. The van der Waals surface area contributed by atoms with Crippen LogP contribution in [0.3, 0.4) is 0 Å². The number of nitrogens with one attached hydrogen (secondary N) is 4. The molecule has 0 radical (unpaired) electrons. The number of halogens is 3. The maximum absolute atomic E-state index is 14.5. The van der Waals surface area contributed by atoms with E-state index in [1.165, 1.54) is 19.1 Å². The molecule has 1 aliphatic heterocycles. The number of imidazole rings is 1. The highest BCUT2D eigenvalue weighted by Crippen LogP contribution is 2.41. The molecule has 0 saturated carbocycles. The number of H-pyrrole nitrogens is 1. The molecule has 0 aliphatic carbocycles. The zero-order valence-corrected chi connectivity index (χ0v) is 20.3. The number of amides is 3. The lowest BCUT2D eigenvalue weighted by Gasteiger charge is -2.18. The SMILES string of the molecule is Cc1cc(F)c(C(=O)Nc2cc(NC(=O)O)cc3c2-c2nc([nH]c2Cl)CCC=CCCC(=O)N3)c(F)c1. The van der Waals surface area contributed by atoms with Crippen molar-refractivity contribution in [3.05, 3.63) is 70.2 Å². The summed E-state index contributed by atoms with van der Waals surface area (Å²) < 4.78 is 29.1. The Morgan fingerprint density at radius 1 is 1.05 bits per heavy atom. The van der Waals surface area contributed by atoms with Crippen LogP contribution in [0.2, 0.25) is 5.15 Å². The number of hydrogen-bond acceptors (Lipinski definition) is 4. The highest BCUT2D eigenvalue weighted by atomic mass is 35.5. The van der Waals surface area contributed by atoms with Gasteiger partial charge in [0, 0.05) is 18.5 Å². The third-order valence-electron chi connectivity index (χ3n) is 5.52. The summed E-state index contributed by atoms with van der Waals surface area (Å²) in [6.07, 6.45) is 4.11. The van der Waals surface area contributed by atoms with Gasteiger partial charge in [-0.2, -0.15) is 0 Å². The monoisotopic (exact) mass is 529 g/mol. The molecular weight excluding hydrogens is 508 g/mol. The van der Waals surface area contributed by atoms with E-state index in [0.717, 1.165) is 12.1 Å². The lowest BCUT2D eigenvalue weighted by Crippen LogP contribution is -2.19. The number of benzene rings is 2. The van der Waals surface area contributed by atoms with Gasteiger partial charge in [-0.15, -0.1) is 0 Å². The summed E-state index contributed by atoms with van der Waals surface area (Å²) in [6, 6.07) is 4.61. The highest BCUT2D eigenvalue weighted by Gasteiger charge is 2.25. The van der Waals surface area contributed by atoms with Crippen LogP contribution in [-0.2, 0) is 11.2 Å². The number of carbonyl (C=O) groups excluding carboxylic acids is 2. The largest absolute Gasteiger partial charge is 0.465 e. The molecule has 12 heteroatoms. The molecule has 0 atom stereocenters. The Labute approximate surface area is 214 Å². The Balaban J connectivity index is 1.90. The Morgan fingerprint density at radius 3 is 2.41 bits per heavy atom. The van der Waals surface area contributed by atoms with Gasteiger partial charge in [0.25, 0.3) is 5.91 Å². The summed E-state index contributed by atoms with van der Waals surface area (Å²) in [4.78, 5) is 44.5. The minimum atomic E-state index is -1.41. The van der Waals surface area contributed by atoms with Crippen LogP contribution >= 0.6 is 11.6 Å². The predicted octanol–water partition coefficient (Wildman–Crippen LogP) is 5.88. The summed E-state index contributed by atoms with van der Waals surface area (Å²) in [5.74, 6) is -3.14. The third kappa shape index (κ3) is 5.95. The summed E-state index contributed by atoms with van der Waals surface area (Å²) in [7, 11) is 0. The number of carboxylic acid groups (broad SMARTS) is 1. The second-order valence-corrected chi connectivity index (χ2v) is 8.76. The smallest absolute Gasteiger partial charge is 0.409 e. The number of allylic oxidation sites excluding steroid dienone is 2. The normalized spacial score (nSPS) is 13.5. The predicted molar refractivity (Wildman–Crippen MR) is 135 cm³/mol. The molecule has 192 valence electrons. The Hall–Kier alpha value is -4.25. The summed E-state index contributed by atoms with van der Waals surface area (Å²) in [5, 5.41) is 16.6. The van der Waals surface area contributed by atoms with Crippen LogP contribution in [0, 0.1) is 18.6 Å². The van der Waals surface area contributed by atoms with Crippen LogP contribution in [-0.4, -0.2) is 33.0 Å². The first-order chi connectivity index (χ1) is 17.6. The molecule has 4 rings (SSSR count). The molecular formula is C25H22ClF2N5O4. The summed E-state index contributed by atoms with van der Waals surface area (Å²) in [6.45, 7) is 1.48. The average molecular weight is 530 g/mol. The van der Waals surface area contributed by atoms with E-state index in [0.29, 0.717) is 25.1 Å². The molecule has 0 unspecified atom stereocenters. The molecule has 1 aromatic heterocycles. The van der Waals surface area contributed by atoms with E-state index < -0.39 is 35.1 Å². The van der Waals surface area contributed by atoms with Crippen LogP contribution < -0.4 is 16.0 Å². The fraction of sp³-hybridized carbons (Fsp3) is 0.200. The van der Waals surface area contributed by atoms with Crippen molar-refractivity contribution in [2.24, 2.45) is 0 Å². The van der Waals surface area contributed by atoms with Crippen molar-refractivity contribution in [3.8, 4) is 11.3 Å². The van der Waals surface area contributed by atoms with E-state index in [4.69, 9.17) is 11.6 Å². The third-order valence-corrected chi connectivity index (χ3v) is 5.80. The molecule has 0 fully saturated rings. The molecule has 2 bridgehead atoms. The van der Waals surface area contributed by atoms with Gasteiger partial charge in [0.15, 0.2) is 0 Å². The van der Waals surface area contributed by atoms with Gasteiger partial charge in [-0.1, -0.05) is 23.8 Å². The molecule has 37 heavy (non-hydrogen) atoms. The van der Waals surface area contributed by atoms with E-state index in [1.807, 2.05) is 12.2 Å². The standard InChI is InChI=1S/C25H22ClF2N5O4/c1-12-8-14(27)20(15(28)9-12)24(35)31-17-11-13(29-25(36)37)10-16-21(17)22-23(26)33-18(32-22)6-4-2-3-5-7-19(34)30-16/h2-3,8-11,29H,4-7H2,1H3,(H,30,34)(H,31,35)(H,32,33)(H,36,37). The fourth-order valence-electron chi connectivity index (χ4n) is 3.96. The number of hydrogen-bond donors (Lipinski definition) is 5. The van der Waals surface area contributed by atoms with Crippen LogP contribution in [0.25, 0.3) is 11.3 Å². The van der Waals surface area contributed by atoms with Crippen LogP contribution in [0.15, 0.2) is 36.4 Å². The van der Waals surface area contributed by atoms with Crippen molar-refractivity contribution in [1.82, 2.24) is 9.97 Å². The molecule has 9 nitrogen and oxygen atoms in total. The molecule has 2 aromatic carbocycles. The highest BCUT2D eigenvalue weighted by molar-refractivity contribution is 6.32. The Bertz CT molecular complexity index is 1410. The van der Waals surface area contributed by atoms with Gasteiger partial charge >= 0.3 is 6.09 Å². The number of aryl methyl sites for hydroxylation is 2. The van der Waals surface area contributed by atoms with E-state index >= 15 is 0 Å². The molecule has 0 saturated heterocycles. The number of aromatic amines is 1. The lowest BCUT2D eigenvalue weighted by atomic mass is 10.0. The van der Waals surface area contributed by atoms with Crippen LogP contribution in [0.4, 0.5) is 30.6 Å². The summed E-state index contributed by atoms with van der Waals surface area (Å²) in [5.41, 5.74) is -0.291. The van der Waals surface area contributed by atoms with Crippen molar-refractivity contribution in [1.29, 1.82) is 0 Å². The number of carbonyl (C=O) groups is 3. The summed E-state index contributed by atoms with van der Waals surface area (Å²) >= 11 is 6.44. The van der Waals surface area contributed by atoms with Gasteiger partial charge in [0.2, 0.25) is 5.91 Å². The number of anilines is 3. The maximum atomic E-state index is 14.5.